The van der Waals surface area contributed by atoms with Gasteiger partial charge in [-0.15, -0.1) is 0 Å². The lowest BCUT2D eigenvalue weighted by atomic mass is 10.1. The molecule has 0 saturated heterocycles. The normalized spacial score (nSPS) is 11.8. The lowest BCUT2D eigenvalue weighted by molar-refractivity contribution is 0.372. The van der Waals surface area contributed by atoms with E-state index in [4.69, 9.17) is 16.1 Å². The third kappa shape index (κ3) is 5.25. The van der Waals surface area contributed by atoms with Crippen molar-refractivity contribution < 1.29 is 4.52 Å². The monoisotopic (exact) mass is 398 g/mol. The number of benzene rings is 1. The highest BCUT2D eigenvalue weighted by Gasteiger charge is 2.08. The number of hydrogen-bond acceptors (Lipinski definition) is 3. The second kappa shape index (κ2) is 8.36. The fourth-order valence-electron chi connectivity index (χ4n) is 1.92. The van der Waals surface area contributed by atoms with Gasteiger partial charge >= 0.3 is 0 Å². The molecule has 2 aromatic rings. The van der Waals surface area contributed by atoms with Gasteiger partial charge in [0.05, 0.1) is 12.2 Å². The Bertz CT molecular complexity index is 684. The maximum atomic E-state index is 6.21. The molecule has 0 spiro atoms. The Morgan fingerprint density at radius 1 is 1.30 bits per heavy atom. The van der Waals surface area contributed by atoms with Crippen LogP contribution in [-0.4, -0.2) is 18.2 Å². The van der Waals surface area contributed by atoms with Crippen molar-refractivity contribution in [3.05, 3.63) is 50.8 Å². The van der Waals surface area contributed by atoms with Crippen molar-refractivity contribution in [2.45, 2.75) is 32.9 Å². The highest BCUT2D eigenvalue weighted by molar-refractivity contribution is 9.10. The van der Waals surface area contributed by atoms with Gasteiger partial charge in [-0.1, -0.05) is 52.6 Å². The van der Waals surface area contributed by atoms with E-state index in [0.29, 0.717) is 30.0 Å². The Balaban J connectivity index is 1.88. The molecule has 0 fully saturated rings. The van der Waals surface area contributed by atoms with Gasteiger partial charge in [0, 0.05) is 29.2 Å². The summed E-state index contributed by atoms with van der Waals surface area (Å²) in [6, 6.07) is 7.76. The Morgan fingerprint density at radius 3 is 2.65 bits per heavy atom. The molecule has 5 nitrogen and oxygen atoms in total. The summed E-state index contributed by atoms with van der Waals surface area (Å²) < 4.78 is 6.25. The average Bonchev–Trinajstić information content (AvgIpc) is 2.98. The van der Waals surface area contributed by atoms with Gasteiger partial charge in [-0.05, 0) is 23.6 Å². The van der Waals surface area contributed by atoms with Crippen molar-refractivity contribution in [2.75, 3.05) is 7.05 Å². The lowest BCUT2D eigenvalue weighted by Gasteiger charge is -2.11. The van der Waals surface area contributed by atoms with E-state index in [-0.39, 0.29) is 0 Å². The second-order valence-electron chi connectivity index (χ2n) is 5.39. The quantitative estimate of drug-likeness (QED) is 0.587. The molecule has 1 aromatic heterocycles. The van der Waals surface area contributed by atoms with Crippen LogP contribution in [0, 0.1) is 0 Å². The van der Waals surface area contributed by atoms with E-state index in [9.17, 15) is 0 Å². The van der Waals surface area contributed by atoms with Crippen molar-refractivity contribution >= 4 is 33.5 Å². The summed E-state index contributed by atoms with van der Waals surface area (Å²) in [5.74, 6) is 1.80. The number of rotatable bonds is 5. The number of halogens is 2. The van der Waals surface area contributed by atoms with Gasteiger partial charge in [-0.3, -0.25) is 4.99 Å². The lowest BCUT2D eigenvalue weighted by Crippen LogP contribution is -2.36. The van der Waals surface area contributed by atoms with Crippen LogP contribution in [-0.2, 0) is 13.1 Å². The summed E-state index contributed by atoms with van der Waals surface area (Å²) in [7, 11) is 1.72. The highest BCUT2D eigenvalue weighted by atomic mass is 79.9. The number of nitrogens with one attached hydrogen (secondary N) is 2. The van der Waals surface area contributed by atoms with Gasteiger partial charge in [0.15, 0.2) is 11.7 Å². The maximum absolute atomic E-state index is 6.21. The molecule has 0 radical (unpaired) electrons. The molecule has 0 aliphatic heterocycles. The zero-order valence-electron chi connectivity index (χ0n) is 13.4. The minimum atomic E-state index is 0.351. The molecular weight excluding hydrogens is 380 g/mol. The summed E-state index contributed by atoms with van der Waals surface area (Å²) >= 11 is 9.60. The highest BCUT2D eigenvalue weighted by Crippen LogP contribution is 2.21. The van der Waals surface area contributed by atoms with Crippen molar-refractivity contribution in [3.8, 4) is 0 Å². The molecule has 2 rings (SSSR count). The maximum Gasteiger partial charge on any atom is 0.191 e. The molecule has 0 bridgehead atoms. The minimum Gasteiger partial charge on any atom is -0.359 e. The third-order valence-electron chi connectivity index (χ3n) is 3.28. The summed E-state index contributed by atoms with van der Waals surface area (Å²) in [6.45, 7) is 5.27. The molecule has 0 aliphatic carbocycles. The number of aliphatic imine (C=N–C) groups is 1. The van der Waals surface area contributed by atoms with E-state index in [1.54, 1.807) is 7.05 Å². The Morgan fingerprint density at radius 2 is 2.04 bits per heavy atom. The van der Waals surface area contributed by atoms with Gasteiger partial charge in [0.1, 0.15) is 0 Å². The van der Waals surface area contributed by atoms with Crippen LogP contribution < -0.4 is 10.6 Å². The molecule has 0 saturated carbocycles. The average molecular weight is 400 g/mol. The summed E-state index contributed by atoms with van der Waals surface area (Å²) in [6.07, 6.45) is 0. The molecule has 0 atom stereocenters. The van der Waals surface area contributed by atoms with Crippen molar-refractivity contribution in [2.24, 2.45) is 4.99 Å². The Labute approximate surface area is 149 Å². The van der Waals surface area contributed by atoms with Gasteiger partial charge in [0.2, 0.25) is 0 Å². The molecule has 7 heteroatoms. The third-order valence-corrected chi connectivity index (χ3v) is 4.13. The smallest absolute Gasteiger partial charge is 0.191 e. The zero-order chi connectivity index (χ0) is 16.8. The van der Waals surface area contributed by atoms with Gasteiger partial charge < -0.3 is 15.2 Å². The predicted molar refractivity (Wildman–Crippen MR) is 96.8 cm³/mol. The second-order valence-corrected chi connectivity index (χ2v) is 6.71. The molecular formula is C16H20BrClN4O. The van der Waals surface area contributed by atoms with Crippen LogP contribution in [0.3, 0.4) is 0 Å². The molecule has 1 heterocycles. The fraction of sp³-hybridized carbons (Fsp3) is 0.375. The van der Waals surface area contributed by atoms with Gasteiger partial charge in [-0.2, -0.15) is 0 Å². The van der Waals surface area contributed by atoms with E-state index in [0.717, 1.165) is 21.5 Å². The first-order valence-corrected chi connectivity index (χ1v) is 8.50. The molecule has 2 N–H and O–H groups in total. The van der Waals surface area contributed by atoms with E-state index < -0.39 is 0 Å². The van der Waals surface area contributed by atoms with E-state index >= 15 is 0 Å². The first kappa shape index (κ1) is 17.8. The van der Waals surface area contributed by atoms with Crippen LogP contribution in [0.1, 0.15) is 36.8 Å². The number of guanidine groups is 1. The first-order chi connectivity index (χ1) is 11.0. The minimum absolute atomic E-state index is 0.351. The fourth-order valence-corrected chi connectivity index (χ4v) is 2.66. The molecule has 0 unspecified atom stereocenters. The van der Waals surface area contributed by atoms with Crippen molar-refractivity contribution in [1.29, 1.82) is 0 Å². The summed E-state index contributed by atoms with van der Waals surface area (Å²) in [5.41, 5.74) is 1.95. The van der Waals surface area contributed by atoms with E-state index in [2.05, 4.69) is 50.6 Å². The van der Waals surface area contributed by atoms with Crippen LogP contribution in [0.4, 0.5) is 0 Å². The molecule has 1 aromatic carbocycles. The number of hydrogen-bond donors (Lipinski definition) is 2. The van der Waals surface area contributed by atoms with Crippen LogP contribution in [0.5, 0.6) is 0 Å². The largest absolute Gasteiger partial charge is 0.359 e. The molecule has 23 heavy (non-hydrogen) atoms. The predicted octanol–water partition coefficient (Wildman–Crippen LogP) is 4.08. The van der Waals surface area contributed by atoms with Crippen molar-refractivity contribution in [1.82, 2.24) is 15.8 Å². The number of aromatic nitrogens is 1. The van der Waals surface area contributed by atoms with Gasteiger partial charge in [0.25, 0.3) is 0 Å². The van der Waals surface area contributed by atoms with Gasteiger partial charge in [-0.25, -0.2) is 0 Å². The molecule has 124 valence electrons. The van der Waals surface area contributed by atoms with E-state index in [1.165, 1.54) is 0 Å². The summed E-state index contributed by atoms with van der Waals surface area (Å²) in [4.78, 5) is 4.19. The topological polar surface area (TPSA) is 62.5 Å². The Kier molecular flexibility index (Phi) is 6.47. The van der Waals surface area contributed by atoms with E-state index in [1.807, 2.05) is 24.3 Å². The summed E-state index contributed by atoms with van der Waals surface area (Å²) in [5, 5.41) is 11.2. The van der Waals surface area contributed by atoms with Crippen LogP contribution in [0.15, 0.2) is 38.3 Å². The van der Waals surface area contributed by atoms with Crippen molar-refractivity contribution in [3.63, 3.8) is 0 Å². The molecule has 0 amide bonds. The SMILES string of the molecule is CN=C(NCc1cc(C(C)C)no1)NCc1ccc(Br)cc1Cl. The van der Waals surface area contributed by atoms with Crippen LogP contribution >= 0.6 is 27.5 Å². The Hall–Kier alpha value is -1.53. The first-order valence-electron chi connectivity index (χ1n) is 7.33. The van der Waals surface area contributed by atoms with Crippen LogP contribution in [0.25, 0.3) is 0 Å². The zero-order valence-corrected chi connectivity index (χ0v) is 15.7. The molecule has 0 aliphatic rings. The van der Waals surface area contributed by atoms with Crippen LogP contribution in [0.2, 0.25) is 5.02 Å². The standard InChI is InChI=1S/C16H20BrClN4O/c1-10(2)15-7-13(23-22-15)9-21-16(19-3)20-8-11-4-5-12(17)6-14(11)18/h4-7,10H,8-9H2,1-3H3,(H2,19,20,21). The number of nitrogens with zero attached hydrogens (tertiary/aromatic N) is 2.